The fourth-order valence-corrected chi connectivity index (χ4v) is 4.10. The number of nitrogens with one attached hydrogen (secondary N) is 1. The van der Waals surface area contributed by atoms with Gasteiger partial charge in [0.05, 0.1) is 32.6 Å². The van der Waals surface area contributed by atoms with E-state index in [-0.39, 0.29) is 11.8 Å². The first-order chi connectivity index (χ1) is 13.2. The van der Waals surface area contributed by atoms with E-state index >= 15 is 0 Å². The van der Waals surface area contributed by atoms with Gasteiger partial charge in [-0.05, 0) is 24.3 Å². The topological polar surface area (TPSA) is 56.1 Å². The zero-order valence-electron chi connectivity index (χ0n) is 15.4. The second-order valence-electron chi connectivity index (χ2n) is 6.39. The van der Waals surface area contributed by atoms with Crippen molar-refractivity contribution in [2.75, 3.05) is 57.3 Å². The highest BCUT2D eigenvalue weighted by molar-refractivity contribution is 7.14. The lowest BCUT2D eigenvalue weighted by atomic mass is 10.2. The Morgan fingerprint density at radius 1 is 1.33 bits per heavy atom. The minimum atomic E-state index is -0.107. The zero-order valence-corrected chi connectivity index (χ0v) is 17.0. The Morgan fingerprint density at radius 2 is 2.07 bits per heavy atom. The minimum Gasteiger partial charge on any atom is -0.497 e. The van der Waals surface area contributed by atoms with E-state index in [1.807, 2.05) is 29.6 Å². The van der Waals surface area contributed by atoms with Gasteiger partial charge in [-0.1, -0.05) is 0 Å². The third kappa shape index (κ3) is 5.42. The SMILES string of the molecule is COc1ccc(-c2csc(N(CCC[NH+]3CCOCC3)C(=O)CCl)n2)cc1. The monoisotopic (exact) mass is 410 g/mol. The molecule has 0 radical (unpaired) electrons. The molecule has 0 aliphatic carbocycles. The molecule has 1 aliphatic heterocycles. The number of halogens is 1. The number of rotatable bonds is 8. The summed E-state index contributed by atoms with van der Waals surface area (Å²) in [5.74, 6) is 0.657. The number of alkyl halides is 1. The molecule has 2 aromatic rings. The lowest BCUT2D eigenvalue weighted by Gasteiger charge is -2.25. The standard InChI is InChI=1S/C19H24ClN3O3S/c1-25-16-5-3-15(4-6-16)17-14-27-19(21-17)23(18(24)13-20)8-2-7-22-9-11-26-12-10-22/h3-6,14H,2,7-13H2,1H3/p+1. The van der Waals surface area contributed by atoms with E-state index in [0.717, 1.165) is 56.3 Å². The highest BCUT2D eigenvalue weighted by Gasteiger charge is 2.20. The number of anilines is 1. The number of hydrogen-bond donors (Lipinski definition) is 1. The summed E-state index contributed by atoms with van der Waals surface area (Å²) in [7, 11) is 1.64. The van der Waals surface area contributed by atoms with Crippen LogP contribution in [-0.2, 0) is 9.53 Å². The maximum atomic E-state index is 12.3. The molecule has 2 heterocycles. The second kappa shape index (κ2) is 10.0. The van der Waals surface area contributed by atoms with Gasteiger partial charge in [0, 0.05) is 23.9 Å². The van der Waals surface area contributed by atoms with Crippen LogP contribution < -0.4 is 14.5 Å². The molecular formula is C19H25ClN3O3S+. The van der Waals surface area contributed by atoms with Crippen LogP contribution in [0, 0.1) is 0 Å². The van der Waals surface area contributed by atoms with Crippen molar-refractivity contribution in [3.8, 4) is 17.0 Å². The number of carbonyl (C=O) groups is 1. The molecule has 0 unspecified atom stereocenters. The van der Waals surface area contributed by atoms with Crippen molar-refractivity contribution < 1.29 is 19.2 Å². The summed E-state index contributed by atoms with van der Waals surface area (Å²) in [5, 5.41) is 2.67. The van der Waals surface area contributed by atoms with Crippen molar-refractivity contribution >= 4 is 34.0 Å². The van der Waals surface area contributed by atoms with E-state index in [2.05, 4.69) is 4.98 Å². The number of quaternary nitrogens is 1. The molecule has 27 heavy (non-hydrogen) atoms. The smallest absolute Gasteiger partial charge is 0.243 e. The number of morpholine rings is 1. The van der Waals surface area contributed by atoms with Crippen LogP contribution in [0.5, 0.6) is 5.75 Å². The number of aromatic nitrogens is 1. The van der Waals surface area contributed by atoms with Gasteiger partial charge in [0.15, 0.2) is 5.13 Å². The van der Waals surface area contributed by atoms with Crippen molar-refractivity contribution in [1.82, 2.24) is 4.98 Å². The number of carbonyl (C=O) groups excluding carboxylic acids is 1. The third-order valence-corrected chi connectivity index (χ3v) is 5.73. The molecule has 0 bridgehead atoms. The summed E-state index contributed by atoms with van der Waals surface area (Å²) in [5.41, 5.74) is 1.85. The van der Waals surface area contributed by atoms with E-state index < -0.39 is 0 Å². The van der Waals surface area contributed by atoms with Crippen LogP contribution in [0.1, 0.15) is 6.42 Å². The van der Waals surface area contributed by atoms with Crippen molar-refractivity contribution in [3.05, 3.63) is 29.6 Å². The third-order valence-electron chi connectivity index (χ3n) is 4.64. The van der Waals surface area contributed by atoms with Crippen LogP contribution in [0.4, 0.5) is 5.13 Å². The van der Waals surface area contributed by atoms with E-state index in [1.165, 1.54) is 16.2 Å². The molecule has 1 N–H and O–H groups in total. The van der Waals surface area contributed by atoms with Gasteiger partial charge >= 0.3 is 0 Å². The highest BCUT2D eigenvalue weighted by Crippen LogP contribution is 2.29. The molecule has 1 aliphatic rings. The number of hydrogen-bond acceptors (Lipinski definition) is 5. The molecule has 1 saturated heterocycles. The summed E-state index contributed by atoms with van der Waals surface area (Å²) in [6, 6.07) is 7.74. The van der Waals surface area contributed by atoms with Gasteiger partial charge in [-0.15, -0.1) is 22.9 Å². The number of amides is 1. The number of nitrogens with zero attached hydrogens (tertiary/aromatic N) is 2. The van der Waals surface area contributed by atoms with Crippen molar-refractivity contribution in [3.63, 3.8) is 0 Å². The summed E-state index contributed by atoms with van der Waals surface area (Å²) < 4.78 is 10.6. The Kier molecular flexibility index (Phi) is 7.46. The van der Waals surface area contributed by atoms with E-state index in [9.17, 15) is 4.79 Å². The lowest BCUT2D eigenvalue weighted by Crippen LogP contribution is -3.14. The largest absolute Gasteiger partial charge is 0.497 e. The Bertz CT molecular complexity index is 732. The molecule has 6 nitrogen and oxygen atoms in total. The number of ether oxygens (including phenoxy) is 2. The maximum absolute atomic E-state index is 12.3. The summed E-state index contributed by atoms with van der Waals surface area (Å²) in [6.45, 7) is 5.34. The van der Waals surface area contributed by atoms with E-state index in [0.29, 0.717) is 11.7 Å². The number of thiazole rings is 1. The average Bonchev–Trinajstić information content (AvgIpc) is 3.21. The zero-order chi connectivity index (χ0) is 19.1. The number of methoxy groups -OCH3 is 1. The number of benzene rings is 1. The predicted molar refractivity (Wildman–Crippen MR) is 108 cm³/mol. The van der Waals surface area contributed by atoms with Crippen LogP contribution in [0.25, 0.3) is 11.3 Å². The van der Waals surface area contributed by atoms with Gasteiger partial charge in [-0.3, -0.25) is 9.69 Å². The van der Waals surface area contributed by atoms with Gasteiger partial charge in [0.25, 0.3) is 0 Å². The second-order valence-corrected chi connectivity index (χ2v) is 7.49. The average molecular weight is 411 g/mol. The van der Waals surface area contributed by atoms with E-state index in [1.54, 1.807) is 12.0 Å². The molecular weight excluding hydrogens is 386 g/mol. The first kappa shape index (κ1) is 20.1. The molecule has 0 atom stereocenters. The summed E-state index contributed by atoms with van der Waals surface area (Å²) >= 11 is 7.30. The van der Waals surface area contributed by atoms with E-state index in [4.69, 9.17) is 21.1 Å². The predicted octanol–water partition coefficient (Wildman–Crippen LogP) is 1.70. The van der Waals surface area contributed by atoms with Crippen molar-refractivity contribution in [2.45, 2.75) is 6.42 Å². The Morgan fingerprint density at radius 3 is 2.74 bits per heavy atom. The van der Waals surface area contributed by atoms with Crippen LogP contribution in [0.2, 0.25) is 0 Å². The molecule has 1 fully saturated rings. The first-order valence-corrected chi connectivity index (χ1v) is 10.5. The fraction of sp³-hybridized carbons (Fsp3) is 0.474. The normalized spacial score (nSPS) is 14.9. The Hall–Kier alpha value is -1.67. The Labute approximate surface area is 168 Å². The van der Waals surface area contributed by atoms with Gasteiger partial charge in [0.1, 0.15) is 24.7 Å². The van der Waals surface area contributed by atoms with Gasteiger partial charge in [0.2, 0.25) is 5.91 Å². The molecule has 3 rings (SSSR count). The molecule has 8 heteroatoms. The van der Waals surface area contributed by atoms with Gasteiger partial charge < -0.3 is 14.4 Å². The Balaban J connectivity index is 1.65. The van der Waals surface area contributed by atoms with Gasteiger partial charge in [-0.25, -0.2) is 4.98 Å². The fourth-order valence-electron chi connectivity index (χ4n) is 3.08. The van der Waals surface area contributed by atoms with Crippen LogP contribution >= 0.6 is 22.9 Å². The summed E-state index contributed by atoms with van der Waals surface area (Å²) in [6.07, 6.45) is 0.912. The quantitative estimate of drug-likeness (QED) is 0.673. The van der Waals surface area contributed by atoms with Crippen molar-refractivity contribution in [2.24, 2.45) is 0 Å². The van der Waals surface area contributed by atoms with Crippen LogP contribution in [-0.4, -0.2) is 63.3 Å². The van der Waals surface area contributed by atoms with Crippen molar-refractivity contribution in [1.29, 1.82) is 0 Å². The van der Waals surface area contributed by atoms with Crippen LogP contribution in [0.3, 0.4) is 0 Å². The maximum Gasteiger partial charge on any atom is 0.243 e. The summed E-state index contributed by atoms with van der Waals surface area (Å²) in [4.78, 5) is 20.2. The van der Waals surface area contributed by atoms with Gasteiger partial charge in [-0.2, -0.15) is 0 Å². The molecule has 146 valence electrons. The molecule has 0 spiro atoms. The molecule has 0 saturated carbocycles. The lowest BCUT2D eigenvalue weighted by molar-refractivity contribution is -0.908. The van der Waals surface area contributed by atoms with Crippen LogP contribution in [0.15, 0.2) is 29.6 Å². The molecule has 1 aromatic carbocycles. The minimum absolute atomic E-state index is 0.0398. The first-order valence-electron chi connectivity index (χ1n) is 9.09. The molecule has 1 aromatic heterocycles. The molecule has 1 amide bonds. The highest BCUT2D eigenvalue weighted by atomic mass is 35.5.